The molecule has 1 heterocycles. The van der Waals surface area contributed by atoms with Crippen LogP contribution in [0, 0.1) is 12.7 Å². The van der Waals surface area contributed by atoms with Crippen LogP contribution in [-0.4, -0.2) is 4.98 Å². The molecule has 0 aliphatic heterocycles. The molecule has 3 rings (SSSR count). The van der Waals surface area contributed by atoms with Gasteiger partial charge in [-0.05, 0) is 30.7 Å². The summed E-state index contributed by atoms with van der Waals surface area (Å²) in [5, 5.41) is 1.16. The average Bonchev–Trinajstić information content (AvgIpc) is 2.81. The molecule has 0 amide bonds. The maximum Gasteiger partial charge on any atom is 0.128 e. The van der Waals surface area contributed by atoms with Crippen LogP contribution in [0.2, 0.25) is 0 Å². The molecule has 19 heavy (non-hydrogen) atoms. The van der Waals surface area contributed by atoms with Crippen molar-refractivity contribution < 1.29 is 9.13 Å². The molecular weight excluding hydrogens is 241 g/mol. The summed E-state index contributed by atoms with van der Waals surface area (Å²) in [5.74, 6) is 0.250. The second-order valence-electron chi connectivity index (χ2n) is 4.58. The third kappa shape index (κ3) is 2.45. The van der Waals surface area contributed by atoms with Gasteiger partial charge in [0.05, 0.1) is 5.69 Å². The van der Waals surface area contributed by atoms with Crippen molar-refractivity contribution in [3.63, 3.8) is 0 Å². The topological polar surface area (TPSA) is 25.0 Å². The zero-order valence-electron chi connectivity index (χ0n) is 10.6. The summed E-state index contributed by atoms with van der Waals surface area (Å²) in [7, 11) is 0. The summed E-state index contributed by atoms with van der Waals surface area (Å²) in [4.78, 5) is 3.33. The second-order valence-corrected chi connectivity index (χ2v) is 4.58. The first kappa shape index (κ1) is 11.8. The van der Waals surface area contributed by atoms with Crippen LogP contribution in [0.15, 0.2) is 48.5 Å². The highest BCUT2D eigenvalue weighted by Gasteiger charge is 2.04. The second kappa shape index (κ2) is 4.76. The number of fused-ring (bicyclic) bond motifs is 1. The van der Waals surface area contributed by atoms with Gasteiger partial charge in [0.1, 0.15) is 18.2 Å². The van der Waals surface area contributed by atoms with Crippen LogP contribution in [0.4, 0.5) is 4.39 Å². The first-order chi connectivity index (χ1) is 9.22. The van der Waals surface area contributed by atoms with Gasteiger partial charge in [0, 0.05) is 17.0 Å². The van der Waals surface area contributed by atoms with Crippen molar-refractivity contribution in [3.8, 4) is 5.75 Å². The summed E-state index contributed by atoms with van der Waals surface area (Å²) in [6, 6.07) is 14.4. The van der Waals surface area contributed by atoms with E-state index < -0.39 is 0 Å². The van der Waals surface area contributed by atoms with Gasteiger partial charge in [-0.25, -0.2) is 4.39 Å². The molecule has 0 bridgehead atoms. The Labute approximate surface area is 110 Å². The molecule has 0 atom stereocenters. The largest absolute Gasteiger partial charge is 0.487 e. The fourth-order valence-corrected chi connectivity index (χ4v) is 2.16. The maximum atomic E-state index is 13.0. The van der Waals surface area contributed by atoms with E-state index >= 15 is 0 Å². The minimum atomic E-state index is -0.287. The Morgan fingerprint density at radius 2 is 1.95 bits per heavy atom. The number of rotatable bonds is 3. The van der Waals surface area contributed by atoms with Crippen molar-refractivity contribution in [2.24, 2.45) is 0 Å². The summed E-state index contributed by atoms with van der Waals surface area (Å²) >= 11 is 0. The molecule has 96 valence electrons. The van der Waals surface area contributed by atoms with Crippen molar-refractivity contribution in [2.75, 3.05) is 0 Å². The Morgan fingerprint density at radius 3 is 2.74 bits per heavy atom. The van der Waals surface area contributed by atoms with Crippen molar-refractivity contribution in [1.29, 1.82) is 0 Å². The number of aryl methyl sites for hydroxylation is 1. The number of aromatic nitrogens is 1. The van der Waals surface area contributed by atoms with Crippen molar-refractivity contribution in [3.05, 3.63) is 65.6 Å². The average molecular weight is 255 g/mol. The SMILES string of the molecule is Cc1cccc2cc(COc3cccc(F)c3)[nH]c12. The highest BCUT2D eigenvalue weighted by Crippen LogP contribution is 2.20. The monoisotopic (exact) mass is 255 g/mol. The zero-order chi connectivity index (χ0) is 13.2. The van der Waals surface area contributed by atoms with Gasteiger partial charge in [-0.1, -0.05) is 24.3 Å². The van der Waals surface area contributed by atoms with Crippen LogP contribution >= 0.6 is 0 Å². The van der Waals surface area contributed by atoms with Gasteiger partial charge in [-0.15, -0.1) is 0 Å². The number of hydrogen-bond donors (Lipinski definition) is 1. The molecule has 2 aromatic carbocycles. The summed E-state index contributed by atoms with van der Waals surface area (Å²) < 4.78 is 18.6. The van der Waals surface area contributed by atoms with Gasteiger partial charge in [0.15, 0.2) is 0 Å². The van der Waals surface area contributed by atoms with E-state index in [9.17, 15) is 4.39 Å². The summed E-state index contributed by atoms with van der Waals surface area (Å²) in [6.07, 6.45) is 0. The lowest BCUT2D eigenvalue weighted by Gasteiger charge is -2.04. The van der Waals surface area contributed by atoms with Gasteiger partial charge in [-0.2, -0.15) is 0 Å². The highest BCUT2D eigenvalue weighted by molar-refractivity contribution is 5.83. The third-order valence-electron chi connectivity index (χ3n) is 3.11. The van der Waals surface area contributed by atoms with Crippen LogP contribution in [0.5, 0.6) is 5.75 Å². The molecule has 1 aromatic heterocycles. The number of nitrogens with one attached hydrogen (secondary N) is 1. The van der Waals surface area contributed by atoms with Crippen LogP contribution in [0.1, 0.15) is 11.3 Å². The molecule has 0 spiro atoms. The Bertz CT molecular complexity index is 718. The number of halogens is 1. The normalized spacial score (nSPS) is 10.8. The van der Waals surface area contributed by atoms with Gasteiger partial charge in [-0.3, -0.25) is 0 Å². The minimum Gasteiger partial charge on any atom is -0.487 e. The van der Waals surface area contributed by atoms with Gasteiger partial charge in [0.2, 0.25) is 0 Å². The van der Waals surface area contributed by atoms with Crippen molar-refractivity contribution in [1.82, 2.24) is 4.98 Å². The molecule has 0 unspecified atom stereocenters. The maximum absolute atomic E-state index is 13.0. The number of para-hydroxylation sites is 1. The van der Waals surface area contributed by atoms with E-state index in [0.29, 0.717) is 12.4 Å². The standard InChI is InChI=1S/C16H14FNO/c1-11-4-2-5-12-8-14(18-16(11)12)10-19-15-7-3-6-13(17)9-15/h2-9,18H,10H2,1H3. The van der Waals surface area contributed by atoms with E-state index in [1.165, 1.54) is 17.7 Å². The molecule has 0 aliphatic rings. The lowest BCUT2D eigenvalue weighted by atomic mass is 10.2. The number of hydrogen-bond acceptors (Lipinski definition) is 1. The minimum absolute atomic E-state index is 0.287. The number of benzene rings is 2. The van der Waals surface area contributed by atoms with Gasteiger partial charge in [0.25, 0.3) is 0 Å². The molecule has 0 aliphatic carbocycles. The lowest BCUT2D eigenvalue weighted by Crippen LogP contribution is -1.95. The van der Waals surface area contributed by atoms with Gasteiger partial charge < -0.3 is 9.72 Å². The molecular formula is C16H14FNO. The van der Waals surface area contributed by atoms with E-state index in [2.05, 4.69) is 30.1 Å². The molecule has 0 radical (unpaired) electrons. The van der Waals surface area contributed by atoms with E-state index in [1.54, 1.807) is 12.1 Å². The molecule has 0 saturated carbocycles. The first-order valence-electron chi connectivity index (χ1n) is 6.18. The molecule has 2 nitrogen and oxygen atoms in total. The van der Waals surface area contributed by atoms with E-state index in [0.717, 1.165) is 16.6 Å². The third-order valence-corrected chi connectivity index (χ3v) is 3.11. The summed E-state index contributed by atoms with van der Waals surface area (Å²) in [5.41, 5.74) is 3.31. The molecule has 0 fully saturated rings. The number of H-pyrrole nitrogens is 1. The fourth-order valence-electron chi connectivity index (χ4n) is 2.16. The highest BCUT2D eigenvalue weighted by atomic mass is 19.1. The van der Waals surface area contributed by atoms with Crippen molar-refractivity contribution in [2.45, 2.75) is 13.5 Å². The van der Waals surface area contributed by atoms with Gasteiger partial charge >= 0.3 is 0 Å². The van der Waals surface area contributed by atoms with Crippen LogP contribution in [0.3, 0.4) is 0 Å². The molecule has 1 N–H and O–H groups in total. The molecule has 3 heteroatoms. The van der Waals surface area contributed by atoms with Crippen molar-refractivity contribution >= 4 is 10.9 Å². The first-order valence-corrected chi connectivity index (χ1v) is 6.18. The predicted molar refractivity (Wildman–Crippen MR) is 73.8 cm³/mol. The van der Waals surface area contributed by atoms with Crippen LogP contribution < -0.4 is 4.74 Å². The van der Waals surface area contributed by atoms with Crippen LogP contribution in [0.25, 0.3) is 10.9 Å². The van der Waals surface area contributed by atoms with E-state index in [1.807, 2.05) is 6.07 Å². The predicted octanol–water partition coefficient (Wildman–Crippen LogP) is 4.19. The Balaban J connectivity index is 1.80. The summed E-state index contributed by atoms with van der Waals surface area (Å²) in [6.45, 7) is 2.47. The molecule has 0 saturated heterocycles. The Hall–Kier alpha value is -2.29. The Morgan fingerprint density at radius 1 is 1.11 bits per heavy atom. The Kier molecular flexibility index (Phi) is 2.95. The zero-order valence-corrected chi connectivity index (χ0v) is 10.6. The smallest absolute Gasteiger partial charge is 0.128 e. The van der Waals surface area contributed by atoms with E-state index in [-0.39, 0.29) is 5.82 Å². The van der Waals surface area contributed by atoms with Crippen LogP contribution in [-0.2, 0) is 6.61 Å². The lowest BCUT2D eigenvalue weighted by molar-refractivity contribution is 0.301. The quantitative estimate of drug-likeness (QED) is 0.745. The van der Waals surface area contributed by atoms with E-state index in [4.69, 9.17) is 4.74 Å². The molecule has 3 aromatic rings. The number of ether oxygens (including phenoxy) is 1. The fraction of sp³-hybridized carbons (Fsp3) is 0.125. The number of aromatic amines is 1.